The van der Waals surface area contributed by atoms with Crippen molar-refractivity contribution in [3.63, 3.8) is 0 Å². The number of carbonyl (C=O) groups is 2. The molecule has 9 heteroatoms. The number of amides is 2. The Balaban J connectivity index is 1.29. The molecule has 166 valence electrons. The first-order valence-electron chi connectivity index (χ1n) is 11.1. The molecule has 1 N–H and O–H groups in total. The first-order valence-corrected chi connectivity index (χ1v) is 12.0. The second kappa shape index (κ2) is 10.3. The van der Waals surface area contributed by atoms with Crippen molar-refractivity contribution in [1.29, 1.82) is 0 Å². The van der Waals surface area contributed by atoms with Crippen LogP contribution in [0, 0.1) is 11.8 Å². The van der Waals surface area contributed by atoms with Crippen LogP contribution in [0.4, 0.5) is 5.13 Å². The molecule has 0 saturated carbocycles. The van der Waals surface area contributed by atoms with Gasteiger partial charge in [0.1, 0.15) is 6.33 Å². The van der Waals surface area contributed by atoms with Gasteiger partial charge in [-0.1, -0.05) is 6.92 Å². The van der Waals surface area contributed by atoms with Gasteiger partial charge in [0, 0.05) is 37.4 Å². The molecule has 2 aliphatic rings. The van der Waals surface area contributed by atoms with Crippen molar-refractivity contribution in [2.24, 2.45) is 11.8 Å². The molecule has 0 bridgehead atoms. The zero-order valence-corrected chi connectivity index (χ0v) is 18.8. The van der Waals surface area contributed by atoms with Crippen LogP contribution in [0.5, 0.6) is 0 Å². The largest absolute Gasteiger partial charge is 0.342 e. The second-order valence-corrected chi connectivity index (χ2v) is 9.58. The molecule has 4 heterocycles. The summed E-state index contributed by atoms with van der Waals surface area (Å²) < 4.78 is 0. The lowest BCUT2D eigenvalue weighted by atomic mass is 9.90. The number of anilines is 1. The van der Waals surface area contributed by atoms with Gasteiger partial charge in [0.15, 0.2) is 5.13 Å². The van der Waals surface area contributed by atoms with E-state index in [1.807, 2.05) is 10.3 Å². The van der Waals surface area contributed by atoms with Gasteiger partial charge < -0.3 is 4.90 Å². The van der Waals surface area contributed by atoms with Gasteiger partial charge in [0.25, 0.3) is 5.91 Å². The molecular weight excluding hydrogens is 412 g/mol. The average molecular weight is 443 g/mol. The average Bonchev–Trinajstić information content (AvgIpc) is 3.27. The minimum Gasteiger partial charge on any atom is -0.342 e. The van der Waals surface area contributed by atoms with Crippen molar-refractivity contribution < 1.29 is 9.59 Å². The predicted octanol–water partition coefficient (Wildman–Crippen LogP) is 2.70. The highest BCUT2D eigenvalue weighted by Gasteiger charge is 2.27. The number of aromatic nitrogens is 3. The number of likely N-dealkylation sites (tertiary alicyclic amines) is 2. The fraction of sp³-hybridized carbons (Fsp3) is 0.591. The molecule has 2 amide bonds. The van der Waals surface area contributed by atoms with E-state index in [2.05, 4.69) is 32.1 Å². The minimum absolute atomic E-state index is 0.228. The van der Waals surface area contributed by atoms with E-state index in [4.69, 9.17) is 0 Å². The quantitative estimate of drug-likeness (QED) is 0.740. The second-order valence-electron chi connectivity index (χ2n) is 8.69. The third kappa shape index (κ3) is 5.86. The summed E-state index contributed by atoms with van der Waals surface area (Å²) in [4.78, 5) is 42.2. The van der Waals surface area contributed by atoms with Crippen molar-refractivity contribution >= 4 is 28.3 Å². The van der Waals surface area contributed by atoms with Crippen LogP contribution in [0.1, 0.15) is 48.7 Å². The molecule has 2 aromatic rings. The number of carbonyl (C=O) groups excluding carboxylic acids is 2. The molecule has 2 aliphatic heterocycles. The molecule has 2 aromatic heterocycles. The molecule has 0 aromatic carbocycles. The van der Waals surface area contributed by atoms with Crippen LogP contribution in [0.2, 0.25) is 0 Å². The number of piperidine rings is 2. The van der Waals surface area contributed by atoms with Crippen molar-refractivity contribution in [2.45, 2.75) is 39.0 Å². The number of nitrogens with one attached hydrogen (secondary N) is 1. The first-order chi connectivity index (χ1) is 15.1. The van der Waals surface area contributed by atoms with Crippen LogP contribution >= 0.6 is 11.3 Å². The molecule has 1 atom stereocenters. The number of thiazole rings is 1. The summed E-state index contributed by atoms with van der Waals surface area (Å²) in [6.07, 6.45) is 9.76. The van der Waals surface area contributed by atoms with Crippen LogP contribution in [-0.4, -0.2) is 69.3 Å². The lowest BCUT2D eigenvalue weighted by Gasteiger charge is -2.35. The number of hydrogen-bond acceptors (Lipinski definition) is 7. The highest BCUT2D eigenvalue weighted by atomic mass is 32.1. The Kier molecular flexibility index (Phi) is 7.24. The SMILES string of the molecule is C[C@@H]1CCCN(CC(=O)N2CCC(Cc3ncncc3C(=O)Nc3nccs3)CC2)C1. The number of nitrogens with zero attached hydrogens (tertiary/aromatic N) is 5. The summed E-state index contributed by atoms with van der Waals surface area (Å²) in [5.41, 5.74) is 1.26. The Labute approximate surface area is 187 Å². The Hall–Kier alpha value is -2.39. The molecule has 0 aliphatic carbocycles. The van der Waals surface area contributed by atoms with Gasteiger partial charge in [-0.15, -0.1) is 11.3 Å². The van der Waals surface area contributed by atoms with E-state index in [0.29, 0.717) is 29.1 Å². The summed E-state index contributed by atoms with van der Waals surface area (Å²) >= 11 is 1.38. The van der Waals surface area contributed by atoms with Gasteiger partial charge in [-0.25, -0.2) is 15.0 Å². The predicted molar refractivity (Wildman–Crippen MR) is 120 cm³/mol. The van der Waals surface area contributed by atoms with E-state index in [-0.39, 0.29) is 11.8 Å². The van der Waals surface area contributed by atoms with E-state index in [1.165, 1.54) is 30.5 Å². The summed E-state index contributed by atoms with van der Waals surface area (Å²) in [5, 5.41) is 5.19. The number of hydrogen-bond donors (Lipinski definition) is 1. The van der Waals surface area contributed by atoms with Gasteiger partial charge >= 0.3 is 0 Å². The molecule has 0 unspecified atom stereocenters. The monoisotopic (exact) mass is 442 g/mol. The molecule has 8 nitrogen and oxygen atoms in total. The van der Waals surface area contributed by atoms with Crippen LogP contribution < -0.4 is 5.32 Å². The van der Waals surface area contributed by atoms with Crippen LogP contribution in [0.3, 0.4) is 0 Å². The Morgan fingerprint density at radius 2 is 2.03 bits per heavy atom. The van der Waals surface area contributed by atoms with Crippen LogP contribution in [0.15, 0.2) is 24.1 Å². The Bertz CT molecular complexity index is 882. The van der Waals surface area contributed by atoms with Crippen molar-refractivity contribution in [3.8, 4) is 0 Å². The summed E-state index contributed by atoms with van der Waals surface area (Å²) in [6.45, 7) is 6.42. The molecule has 0 radical (unpaired) electrons. The fourth-order valence-electron chi connectivity index (χ4n) is 4.54. The highest BCUT2D eigenvalue weighted by molar-refractivity contribution is 7.13. The molecule has 2 saturated heterocycles. The van der Waals surface area contributed by atoms with E-state index in [0.717, 1.165) is 51.1 Å². The van der Waals surface area contributed by atoms with E-state index < -0.39 is 0 Å². The topological polar surface area (TPSA) is 91.3 Å². The van der Waals surface area contributed by atoms with E-state index >= 15 is 0 Å². The van der Waals surface area contributed by atoms with E-state index in [9.17, 15) is 9.59 Å². The van der Waals surface area contributed by atoms with Crippen LogP contribution in [-0.2, 0) is 11.2 Å². The fourth-order valence-corrected chi connectivity index (χ4v) is 5.06. The van der Waals surface area contributed by atoms with Gasteiger partial charge in [-0.2, -0.15) is 0 Å². The Morgan fingerprint density at radius 1 is 1.19 bits per heavy atom. The van der Waals surface area contributed by atoms with Crippen LogP contribution in [0.25, 0.3) is 0 Å². The van der Waals surface area contributed by atoms with Gasteiger partial charge in [0.05, 0.1) is 17.8 Å². The summed E-state index contributed by atoms with van der Waals surface area (Å²) in [5.74, 6) is 1.11. The first kappa shape index (κ1) is 21.8. The smallest absolute Gasteiger partial charge is 0.260 e. The zero-order valence-electron chi connectivity index (χ0n) is 18.0. The maximum atomic E-state index is 12.7. The van der Waals surface area contributed by atoms with Gasteiger partial charge in [-0.3, -0.25) is 19.8 Å². The summed E-state index contributed by atoms with van der Waals surface area (Å²) in [7, 11) is 0. The van der Waals surface area contributed by atoms with Crippen molar-refractivity contribution in [2.75, 3.05) is 38.0 Å². The molecule has 0 spiro atoms. The van der Waals surface area contributed by atoms with Crippen molar-refractivity contribution in [1.82, 2.24) is 24.8 Å². The third-order valence-electron chi connectivity index (χ3n) is 6.24. The molecular formula is C22H30N6O2S. The third-order valence-corrected chi connectivity index (χ3v) is 6.93. The minimum atomic E-state index is -0.228. The Morgan fingerprint density at radius 3 is 2.77 bits per heavy atom. The van der Waals surface area contributed by atoms with Gasteiger partial charge in [-0.05, 0) is 50.5 Å². The van der Waals surface area contributed by atoms with Crippen molar-refractivity contribution in [3.05, 3.63) is 35.4 Å². The molecule has 31 heavy (non-hydrogen) atoms. The number of rotatable bonds is 6. The van der Waals surface area contributed by atoms with Gasteiger partial charge in [0.2, 0.25) is 5.91 Å². The normalized spacial score (nSPS) is 20.5. The standard InChI is InChI=1S/C22H30N6O2S/c1-16-3-2-7-27(13-16)14-20(29)28-8-4-17(5-9-28)11-19-18(12-23-15-25-19)21(30)26-22-24-6-10-31-22/h6,10,12,15-17H,2-5,7-9,11,13-14H2,1H3,(H,24,26,30)/t16-/m1/s1. The maximum absolute atomic E-state index is 12.7. The molecule has 4 rings (SSSR count). The maximum Gasteiger partial charge on any atom is 0.260 e. The van der Waals surface area contributed by atoms with E-state index in [1.54, 1.807) is 12.4 Å². The lowest BCUT2D eigenvalue weighted by Crippen LogP contribution is -2.46. The highest BCUT2D eigenvalue weighted by Crippen LogP contribution is 2.23. The zero-order chi connectivity index (χ0) is 21.6. The summed E-state index contributed by atoms with van der Waals surface area (Å²) in [6, 6.07) is 0. The molecule has 2 fully saturated rings. The lowest BCUT2D eigenvalue weighted by molar-refractivity contribution is -0.134.